The third-order valence-electron chi connectivity index (χ3n) is 3.60. The van der Waals surface area contributed by atoms with Crippen LogP contribution in [0.25, 0.3) is 0 Å². The van der Waals surface area contributed by atoms with Crippen LogP contribution in [0.5, 0.6) is 11.5 Å². The van der Waals surface area contributed by atoms with Crippen LogP contribution in [0.15, 0.2) is 42.5 Å². The minimum absolute atomic E-state index is 0.0982. The molecule has 25 heavy (non-hydrogen) atoms. The normalized spacial score (nSPS) is 10.0. The molecule has 132 valence electrons. The number of hydrogen-bond donors (Lipinski definition) is 2. The molecular formula is C19H22N2O4. The molecule has 0 aliphatic heterocycles. The first-order chi connectivity index (χ1) is 12.0. The Kier molecular flexibility index (Phi) is 6.39. The Balaban J connectivity index is 1.84. The number of carbonyl (C=O) groups is 2. The van der Waals surface area contributed by atoms with E-state index in [0.717, 1.165) is 11.1 Å². The van der Waals surface area contributed by atoms with Gasteiger partial charge in [0.1, 0.15) is 0 Å². The van der Waals surface area contributed by atoms with Gasteiger partial charge in [0.2, 0.25) is 11.8 Å². The average molecular weight is 342 g/mol. The highest BCUT2D eigenvalue weighted by Gasteiger charge is 2.09. The quantitative estimate of drug-likeness (QED) is 0.809. The van der Waals surface area contributed by atoms with E-state index in [2.05, 4.69) is 10.6 Å². The van der Waals surface area contributed by atoms with Gasteiger partial charge in [-0.2, -0.15) is 0 Å². The number of amides is 2. The number of aryl methyl sites for hydroxylation is 1. The topological polar surface area (TPSA) is 76.7 Å². The van der Waals surface area contributed by atoms with E-state index in [1.807, 2.05) is 31.2 Å². The van der Waals surface area contributed by atoms with Crippen LogP contribution in [0, 0.1) is 6.92 Å². The number of carbonyl (C=O) groups excluding carboxylic acids is 2. The Morgan fingerprint density at radius 2 is 1.60 bits per heavy atom. The van der Waals surface area contributed by atoms with Crippen LogP contribution in [-0.4, -0.2) is 32.6 Å². The van der Waals surface area contributed by atoms with Crippen LogP contribution in [-0.2, 0) is 16.0 Å². The molecule has 6 nitrogen and oxygen atoms in total. The maximum absolute atomic E-state index is 12.0. The predicted molar refractivity (Wildman–Crippen MR) is 96.1 cm³/mol. The summed E-state index contributed by atoms with van der Waals surface area (Å²) >= 11 is 0. The van der Waals surface area contributed by atoms with Crippen molar-refractivity contribution in [3.63, 3.8) is 0 Å². The van der Waals surface area contributed by atoms with Gasteiger partial charge in [0.05, 0.1) is 27.2 Å². The molecule has 0 atom stereocenters. The zero-order valence-electron chi connectivity index (χ0n) is 14.6. The summed E-state index contributed by atoms with van der Waals surface area (Å²) in [4.78, 5) is 23.9. The van der Waals surface area contributed by atoms with Crippen molar-refractivity contribution in [3.05, 3.63) is 53.6 Å². The largest absolute Gasteiger partial charge is 0.493 e. The van der Waals surface area contributed by atoms with E-state index in [1.54, 1.807) is 25.3 Å². The third kappa shape index (κ3) is 5.53. The summed E-state index contributed by atoms with van der Waals surface area (Å²) in [6, 6.07) is 12.8. The summed E-state index contributed by atoms with van der Waals surface area (Å²) in [6.45, 7) is 1.89. The first-order valence-electron chi connectivity index (χ1n) is 7.86. The first kappa shape index (κ1) is 18.3. The van der Waals surface area contributed by atoms with Gasteiger partial charge in [0.15, 0.2) is 11.5 Å². The Labute approximate surface area is 147 Å². The van der Waals surface area contributed by atoms with Crippen molar-refractivity contribution in [2.75, 3.05) is 26.1 Å². The van der Waals surface area contributed by atoms with E-state index < -0.39 is 0 Å². The minimum Gasteiger partial charge on any atom is -0.493 e. The van der Waals surface area contributed by atoms with Crippen LogP contribution >= 0.6 is 0 Å². The molecule has 0 aliphatic carbocycles. The lowest BCUT2D eigenvalue weighted by atomic mass is 10.1. The molecule has 0 aromatic heterocycles. The molecule has 0 aliphatic rings. The number of ether oxygens (including phenoxy) is 2. The van der Waals surface area contributed by atoms with E-state index >= 15 is 0 Å². The molecule has 0 heterocycles. The molecule has 0 spiro atoms. The molecular weight excluding hydrogens is 320 g/mol. The van der Waals surface area contributed by atoms with Crippen molar-refractivity contribution in [3.8, 4) is 11.5 Å². The van der Waals surface area contributed by atoms with Crippen molar-refractivity contribution < 1.29 is 19.1 Å². The van der Waals surface area contributed by atoms with E-state index in [0.29, 0.717) is 17.2 Å². The lowest BCUT2D eigenvalue weighted by Gasteiger charge is -2.11. The molecule has 2 amide bonds. The molecule has 0 fully saturated rings. The molecule has 0 saturated carbocycles. The van der Waals surface area contributed by atoms with Gasteiger partial charge < -0.3 is 20.1 Å². The fourth-order valence-electron chi connectivity index (χ4n) is 2.25. The molecule has 2 aromatic carbocycles. The van der Waals surface area contributed by atoms with E-state index in [9.17, 15) is 9.59 Å². The van der Waals surface area contributed by atoms with Gasteiger partial charge in [-0.25, -0.2) is 0 Å². The van der Waals surface area contributed by atoms with Crippen LogP contribution < -0.4 is 20.1 Å². The van der Waals surface area contributed by atoms with Gasteiger partial charge >= 0.3 is 0 Å². The monoisotopic (exact) mass is 342 g/mol. The van der Waals surface area contributed by atoms with E-state index in [4.69, 9.17) is 9.47 Å². The Bertz CT molecular complexity index is 742. The average Bonchev–Trinajstić information content (AvgIpc) is 2.62. The van der Waals surface area contributed by atoms with Crippen molar-refractivity contribution >= 4 is 17.5 Å². The summed E-state index contributed by atoms with van der Waals surface area (Å²) in [5.41, 5.74) is 2.61. The number of rotatable bonds is 7. The minimum atomic E-state index is -0.315. The summed E-state index contributed by atoms with van der Waals surface area (Å²) in [6.07, 6.45) is 0.240. The molecule has 0 saturated heterocycles. The lowest BCUT2D eigenvalue weighted by Crippen LogP contribution is -2.33. The molecule has 0 bridgehead atoms. The Hall–Kier alpha value is -3.02. The summed E-state index contributed by atoms with van der Waals surface area (Å²) in [5.74, 6) is 0.575. The molecule has 0 unspecified atom stereocenters. The highest BCUT2D eigenvalue weighted by Crippen LogP contribution is 2.29. The van der Waals surface area contributed by atoms with E-state index in [1.165, 1.54) is 7.11 Å². The first-order valence-corrected chi connectivity index (χ1v) is 7.86. The summed E-state index contributed by atoms with van der Waals surface area (Å²) in [7, 11) is 3.06. The van der Waals surface area contributed by atoms with Gasteiger partial charge in [-0.1, -0.05) is 29.8 Å². The second-order valence-corrected chi connectivity index (χ2v) is 5.56. The zero-order chi connectivity index (χ0) is 18.2. The smallest absolute Gasteiger partial charge is 0.243 e. The molecule has 0 radical (unpaired) electrons. The second-order valence-electron chi connectivity index (χ2n) is 5.56. The lowest BCUT2D eigenvalue weighted by molar-refractivity contribution is -0.123. The number of anilines is 1. The van der Waals surface area contributed by atoms with Gasteiger partial charge in [-0.3, -0.25) is 9.59 Å². The third-order valence-corrected chi connectivity index (χ3v) is 3.60. The van der Waals surface area contributed by atoms with Gasteiger partial charge in [0, 0.05) is 11.8 Å². The molecule has 2 N–H and O–H groups in total. The highest BCUT2D eigenvalue weighted by molar-refractivity contribution is 5.95. The maximum atomic E-state index is 12.0. The predicted octanol–water partition coefficient (Wildman–Crippen LogP) is 2.31. The fraction of sp³-hybridized carbons (Fsp3) is 0.263. The van der Waals surface area contributed by atoms with Gasteiger partial charge in [-0.05, 0) is 24.6 Å². The second kappa shape index (κ2) is 8.73. The van der Waals surface area contributed by atoms with Crippen molar-refractivity contribution in [1.82, 2.24) is 5.32 Å². The maximum Gasteiger partial charge on any atom is 0.243 e. The number of nitrogens with one attached hydrogen (secondary N) is 2. The summed E-state index contributed by atoms with van der Waals surface area (Å²) in [5, 5.41) is 5.32. The SMILES string of the molecule is COc1ccc(NC(=O)CNC(=O)Cc2ccc(C)cc2)cc1OC. The van der Waals surface area contributed by atoms with Crippen molar-refractivity contribution in [1.29, 1.82) is 0 Å². The fourth-order valence-corrected chi connectivity index (χ4v) is 2.25. The molecule has 2 rings (SSSR count). The van der Waals surface area contributed by atoms with Crippen LogP contribution in [0.1, 0.15) is 11.1 Å². The van der Waals surface area contributed by atoms with Gasteiger partial charge in [0.25, 0.3) is 0 Å². The van der Waals surface area contributed by atoms with Crippen LogP contribution in [0.2, 0.25) is 0 Å². The Morgan fingerprint density at radius 1 is 0.920 bits per heavy atom. The number of methoxy groups -OCH3 is 2. The van der Waals surface area contributed by atoms with Crippen molar-refractivity contribution in [2.45, 2.75) is 13.3 Å². The molecule has 2 aromatic rings. The molecule has 6 heteroatoms. The van der Waals surface area contributed by atoms with E-state index in [-0.39, 0.29) is 24.8 Å². The highest BCUT2D eigenvalue weighted by atomic mass is 16.5. The number of hydrogen-bond acceptors (Lipinski definition) is 4. The van der Waals surface area contributed by atoms with Gasteiger partial charge in [-0.15, -0.1) is 0 Å². The van der Waals surface area contributed by atoms with Crippen LogP contribution in [0.4, 0.5) is 5.69 Å². The Morgan fingerprint density at radius 3 is 2.24 bits per heavy atom. The zero-order valence-corrected chi connectivity index (χ0v) is 14.6. The standard InChI is InChI=1S/C19H22N2O4/c1-13-4-6-14(7-5-13)10-18(22)20-12-19(23)21-15-8-9-16(24-2)17(11-15)25-3/h4-9,11H,10,12H2,1-3H3,(H,20,22)(H,21,23). The van der Waals surface area contributed by atoms with Crippen LogP contribution in [0.3, 0.4) is 0 Å². The summed E-state index contributed by atoms with van der Waals surface area (Å²) < 4.78 is 10.3. The number of benzene rings is 2. The van der Waals surface area contributed by atoms with Crippen molar-refractivity contribution in [2.24, 2.45) is 0 Å².